The van der Waals surface area contributed by atoms with Crippen molar-refractivity contribution in [1.82, 2.24) is 10.2 Å². The van der Waals surface area contributed by atoms with Gasteiger partial charge in [0.25, 0.3) is 5.91 Å². The van der Waals surface area contributed by atoms with Crippen LogP contribution in [0.3, 0.4) is 0 Å². The number of aromatic amines is 1. The normalized spacial score (nSPS) is 10.4. The average molecular weight is 244 g/mol. The average Bonchev–Trinajstić information content (AvgIpc) is 2.59. The summed E-state index contributed by atoms with van der Waals surface area (Å²) in [4.78, 5) is 12.1. The summed E-state index contributed by atoms with van der Waals surface area (Å²) in [7, 11) is 0. The molecular formula is C13H16N4O. The lowest BCUT2D eigenvalue weighted by atomic mass is 10.1. The fourth-order valence-electron chi connectivity index (χ4n) is 1.73. The predicted molar refractivity (Wildman–Crippen MR) is 71.6 cm³/mol. The number of hydrogen-bond donors (Lipinski definition) is 3. The summed E-state index contributed by atoms with van der Waals surface area (Å²) in [5.41, 5.74) is 9.66. The molecule has 0 fully saturated rings. The Morgan fingerprint density at radius 2 is 2.00 bits per heavy atom. The highest BCUT2D eigenvalue weighted by molar-refractivity contribution is 6.04. The van der Waals surface area contributed by atoms with Gasteiger partial charge in [-0.25, -0.2) is 0 Å². The van der Waals surface area contributed by atoms with E-state index < -0.39 is 0 Å². The predicted octanol–water partition coefficient (Wildman–Crippen LogP) is 2.17. The van der Waals surface area contributed by atoms with Gasteiger partial charge in [0.2, 0.25) is 0 Å². The largest absolute Gasteiger partial charge is 0.399 e. The van der Waals surface area contributed by atoms with E-state index in [9.17, 15) is 4.79 Å². The number of hydrogen-bond acceptors (Lipinski definition) is 3. The van der Waals surface area contributed by atoms with Crippen LogP contribution in [0.5, 0.6) is 0 Å². The maximum absolute atomic E-state index is 12.1. The number of aromatic nitrogens is 2. The molecule has 2 aromatic rings. The molecular weight excluding hydrogens is 228 g/mol. The number of carbonyl (C=O) groups is 1. The van der Waals surface area contributed by atoms with Gasteiger partial charge in [-0.3, -0.25) is 9.89 Å². The van der Waals surface area contributed by atoms with Crippen LogP contribution in [-0.4, -0.2) is 16.1 Å². The number of carbonyl (C=O) groups excluding carboxylic acids is 1. The summed E-state index contributed by atoms with van der Waals surface area (Å²) in [5, 5.41) is 9.63. The number of rotatable bonds is 2. The summed E-state index contributed by atoms with van der Waals surface area (Å²) in [6, 6.07) is 5.26. The highest BCUT2D eigenvalue weighted by Gasteiger charge is 2.11. The summed E-state index contributed by atoms with van der Waals surface area (Å²) in [6.07, 6.45) is 0. The van der Waals surface area contributed by atoms with Gasteiger partial charge in [0.1, 0.15) is 0 Å². The smallest absolute Gasteiger partial charge is 0.256 e. The van der Waals surface area contributed by atoms with E-state index in [1.165, 1.54) is 0 Å². The molecule has 0 saturated heterocycles. The second-order valence-corrected chi connectivity index (χ2v) is 4.41. The van der Waals surface area contributed by atoms with Gasteiger partial charge < -0.3 is 11.1 Å². The number of nitrogens with one attached hydrogen (secondary N) is 2. The van der Waals surface area contributed by atoms with Crippen molar-refractivity contribution in [2.75, 3.05) is 11.1 Å². The van der Waals surface area contributed by atoms with Crippen molar-refractivity contribution in [2.45, 2.75) is 20.8 Å². The topological polar surface area (TPSA) is 83.8 Å². The second-order valence-electron chi connectivity index (χ2n) is 4.41. The van der Waals surface area contributed by atoms with E-state index >= 15 is 0 Å². The Kier molecular flexibility index (Phi) is 3.06. The molecule has 0 aliphatic carbocycles. The van der Waals surface area contributed by atoms with Crippen LogP contribution in [0.4, 0.5) is 11.5 Å². The quantitative estimate of drug-likeness (QED) is 0.708. The fourth-order valence-corrected chi connectivity index (χ4v) is 1.73. The van der Waals surface area contributed by atoms with Crippen molar-refractivity contribution < 1.29 is 4.79 Å². The number of anilines is 2. The number of H-pyrrole nitrogens is 1. The van der Waals surface area contributed by atoms with E-state index in [0.29, 0.717) is 17.1 Å². The highest BCUT2D eigenvalue weighted by Crippen LogP contribution is 2.16. The summed E-state index contributed by atoms with van der Waals surface area (Å²) >= 11 is 0. The van der Waals surface area contributed by atoms with Crippen molar-refractivity contribution in [3.05, 3.63) is 40.6 Å². The molecule has 0 aliphatic rings. The first-order valence-corrected chi connectivity index (χ1v) is 5.67. The molecule has 1 amide bonds. The molecule has 0 radical (unpaired) electrons. The van der Waals surface area contributed by atoms with Crippen molar-refractivity contribution in [3.63, 3.8) is 0 Å². The van der Waals surface area contributed by atoms with Gasteiger partial charge in [0.05, 0.1) is 0 Å². The summed E-state index contributed by atoms with van der Waals surface area (Å²) in [6.45, 7) is 5.71. The van der Waals surface area contributed by atoms with Crippen LogP contribution < -0.4 is 11.1 Å². The Morgan fingerprint density at radius 3 is 2.56 bits per heavy atom. The molecule has 0 bridgehead atoms. The standard InChI is InChI=1S/C13H16N4O/c1-7-4-10(6-11(14)5-7)13(18)15-12-8(2)9(3)16-17-12/h4-6H,14H2,1-3H3,(H2,15,16,17,18). The van der Waals surface area contributed by atoms with Crippen molar-refractivity contribution in [1.29, 1.82) is 0 Å². The number of nitrogens with two attached hydrogens (primary N) is 1. The monoisotopic (exact) mass is 244 g/mol. The third-order valence-electron chi connectivity index (χ3n) is 2.85. The fraction of sp³-hybridized carbons (Fsp3) is 0.231. The van der Waals surface area contributed by atoms with Crippen LogP contribution in [0.2, 0.25) is 0 Å². The molecule has 0 aliphatic heterocycles. The molecule has 0 spiro atoms. The molecule has 1 aromatic carbocycles. The van der Waals surface area contributed by atoms with Crippen LogP contribution in [-0.2, 0) is 0 Å². The van der Waals surface area contributed by atoms with Gasteiger partial charge in [-0.15, -0.1) is 0 Å². The zero-order valence-electron chi connectivity index (χ0n) is 10.7. The van der Waals surface area contributed by atoms with E-state index in [2.05, 4.69) is 15.5 Å². The Hall–Kier alpha value is -2.30. The maximum Gasteiger partial charge on any atom is 0.256 e. The van der Waals surface area contributed by atoms with Gasteiger partial charge in [0, 0.05) is 22.5 Å². The lowest BCUT2D eigenvalue weighted by Gasteiger charge is -2.05. The SMILES string of the molecule is Cc1cc(N)cc(C(=O)Nc2n[nH]c(C)c2C)c1. The molecule has 0 atom stereocenters. The van der Waals surface area contributed by atoms with Crippen molar-refractivity contribution in [3.8, 4) is 0 Å². The minimum absolute atomic E-state index is 0.208. The minimum Gasteiger partial charge on any atom is -0.399 e. The number of nitrogen functional groups attached to an aromatic ring is 1. The first-order valence-electron chi connectivity index (χ1n) is 5.67. The zero-order chi connectivity index (χ0) is 13.3. The van der Waals surface area contributed by atoms with Crippen LogP contribution in [0, 0.1) is 20.8 Å². The van der Waals surface area contributed by atoms with Crippen molar-refractivity contribution in [2.24, 2.45) is 0 Å². The minimum atomic E-state index is -0.208. The highest BCUT2D eigenvalue weighted by atomic mass is 16.1. The number of amides is 1. The Morgan fingerprint density at radius 1 is 1.28 bits per heavy atom. The first-order chi connectivity index (χ1) is 8.47. The molecule has 1 aromatic heterocycles. The van der Waals surface area contributed by atoms with Crippen LogP contribution >= 0.6 is 0 Å². The lowest BCUT2D eigenvalue weighted by molar-refractivity contribution is 0.102. The van der Waals surface area contributed by atoms with Gasteiger partial charge in [-0.05, 0) is 44.5 Å². The molecule has 5 heteroatoms. The van der Waals surface area contributed by atoms with E-state index in [0.717, 1.165) is 16.8 Å². The van der Waals surface area contributed by atoms with Crippen LogP contribution in [0.25, 0.3) is 0 Å². The number of nitrogens with zero attached hydrogens (tertiary/aromatic N) is 1. The molecule has 1 heterocycles. The molecule has 18 heavy (non-hydrogen) atoms. The third kappa shape index (κ3) is 2.34. The lowest BCUT2D eigenvalue weighted by Crippen LogP contribution is -2.13. The van der Waals surface area contributed by atoms with Crippen LogP contribution in [0.15, 0.2) is 18.2 Å². The maximum atomic E-state index is 12.1. The Labute approximate surface area is 105 Å². The summed E-state index contributed by atoms with van der Waals surface area (Å²) < 4.78 is 0. The third-order valence-corrected chi connectivity index (χ3v) is 2.85. The Bertz CT molecular complexity index is 581. The molecule has 94 valence electrons. The zero-order valence-corrected chi connectivity index (χ0v) is 10.7. The molecule has 0 saturated carbocycles. The van der Waals surface area contributed by atoms with Gasteiger partial charge in [-0.1, -0.05) is 0 Å². The molecule has 5 nitrogen and oxygen atoms in total. The van der Waals surface area contributed by atoms with E-state index in [4.69, 9.17) is 5.73 Å². The summed E-state index contributed by atoms with van der Waals surface area (Å²) in [5.74, 6) is 0.345. The van der Waals surface area contributed by atoms with Crippen molar-refractivity contribution >= 4 is 17.4 Å². The van der Waals surface area contributed by atoms with Gasteiger partial charge in [0.15, 0.2) is 5.82 Å². The molecule has 4 N–H and O–H groups in total. The second kappa shape index (κ2) is 4.52. The van der Waals surface area contributed by atoms with E-state index in [1.54, 1.807) is 12.1 Å². The molecule has 0 unspecified atom stereocenters. The number of benzene rings is 1. The van der Waals surface area contributed by atoms with Crippen LogP contribution in [0.1, 0.15) is 27.2 Å². The first kappa shape index (κ1) is 12.2. The Balaban J connectivity index is 2.24. The van der Waals surface area contributed by atoms with E-state index in [-0.39, 0.29) is 5.91 Å². The molecule has 2 rings (SSSR count). The van der Waals surface area contributed by atoms with Gasteiger partial charge >= 0.3 is 0 Å². The van der Waals surface area contributed by atoms with E-state index in [1.807, 2.05) is 26.8 Å². The van der Waals surface area contributed by atoms with Gasteiger partial charge in [-0.2, -0.15) is 5.10 Å². The number of aryl methyl sites for hydroxylation is 2.